The fourth-order valence-electron chi connectivity index (χ4n) is 2.22. The van der Waals surface area contributed by atoms with Gasteiger partial charge in [-0.1, -0.05) is 0 Å². The maximum Gasteiger partial charge on any atom is 0.321 e. The van der Waals surface area contributed by atoms with E-state index in [1.807, 2.05) is 6.92 Å². The number of amides is 2. The highest BCUT2D eigenvalue weighted by molar-refractivity contribution is 5.89. The number of likely N-dealkylation sites (tertiary alicyclic amines) is 1. The lowest BCUT2D eigenvalue weighted by Crippen LogP contribution is -2.46. The van der Waals surface area contributed by atoms with Gasteiger partial charge in [0.05, 0.1) is 17.3 Å². The van der Waals surface area contributed by atoms with E-state index in [9.17, 15) is 9.59 Å². The Morgan fingerprint density at radius 1 is 1.45 bits per heavy atom. The summed E-state index contributed by atoms with van der Waals surface area (Å²) in [6, 6.07) is -0.201. The third kappa shape index (κ3) is 2.92. The van der Waals surface area contributed by atoms with E-state index >= 15 is 0 Å². The predicted molar refractivity (Wildman–Crippen MR) is 73.5 cm³/mol. The van der Waals surface area contributed by atoms with E-state index < -0.39 is 11.4 Å². The number of urea groups is 1. The largest absolute Gasteiger partial charge is 0.481 e. The summed E-state index contributed by atoms with van der Waals surface area (Å²) in [4.78, 5) is 24.9. The normalized spacial score (nSPS) is 17.8. The fraction of sp³-hybridized carbons (Fsp3) is 0.615. The Bertz CT molecular complexity index is 503. The summed E-state index contributed by atoms with van der Waals surface area (Å²) in [5, 5.41) is 16.0. The summed E-state index contributed by atoms with van der Waals surface area (Å²) in [6.07, 6.45) is 4.32. The smallest absolute Gasteiger partial charge is 0.321 e. The van der Waals surface area contributed by atoms with Crippen molar-refractivity contribution in [1.82, 2.24) is 14.7 Å². The van der Waals surface area contributed by atoms with Crippen LogP contribution in [0.5, 0.6) is 0 Å². The molecule has 1 aromatic heterocycles. The summed E-state index contributed by atoms with van der Waals surface area (Å²) < 4.78 is 1.73. The van der Waals surface area contributed by atoms with Crippen LogP contribution in [0.2, 0.25) is 0 Å². The average molecular weight is 280 g/mol. The minimum absolute atomic E-state index is 0.201. The molecule has 1 aliphatic rings. The summed E-state index contributed by atoms with van der Waals surface area (Å²) >= 11 is 0. The number of nitrogens with zero attached hydrogens (tertiary/aromatic N) is 3. The van der Waals surface area contributed by atoms with E-state index in [0.717, 1.165) is 6.54 Å². The maximum atomic E-state index is 12.1. The lowest BCUT2D eigenvalue weighted by Gasteiger charge is -2.36. The first kappa shape index (κ1) is 14.4. The Labute approximate surface area is 117 Å². The molecular formula is C13H20N4O3. The molecule has 1 aliphatic heterocycles. The molecule has 1 saturated heterocycles. The first-order chi connectivity index (χ1) is 9.44. The Kier molecular flexibility index (Phi) is 3.96. The van der Waals surface area contributed by atoms with Gasteiger partial charge in [-0.2, -0.15) is 5.10 Å². The van der Waals surface area contributed by atoms with Gasteiger partial charge in [-0.05, 0) is 26.7 Å². The molecule has 0 unspecified atom stereocenters. The number of hydrogen-bond acceptors (Lipinski definition) is 3. The van der Waals surface area contributed by atoms with Crippen molar-refractivity contribution in [2.75, 3.05) is 18.4 Å². The molecule has 0 bridgehead atoms. The van der Waals surface area contributed by atoms with Gasteiger partial charge < -0.3 is 15.3 Å². The van der Waals surface area contributed by atoms with Gasteiger partial charge in [0.15, 0.2) is 0 Å². The van der Waals surface area contributed by atoms with Crippen molar-refractivity contribution in [2.24, 2.45) is 5.41 Å². The second kappa shape index (κ2) is 5.52. The quantitative estimate of drug-likeness (QED) is 0.880. The van der Waals surface area contributed by atoms with Crippen molar-refractivity contribution in [3.05, 3.63) is 12.4 Å². The van der Waals surface area contributed by atoms with Crippen LogP contribution in [0.4, 0.5) is 10.5 Å². The van der Waals surface area contributed by atoms with Crippen LogP contribution in [-0.4, -0.2) is 44.9 Å². The summed E-state index contributed by atoms with van der Waals surface area (Å²) in [6.45, 7) is 5.36. The number of nitrogens with one attached hydrogen (secondary N) is 1. The number of carboxylic acids is 1. The topological polar surface area (TPSA) is 87.5 Å². The van der Waals surface area contributed by atoms with Crippen molar-refractivity contribution in [2.45, 2.75) is 33.2 Å². The van der Waals surface area contributed by atoms with Crippen LogP contribution >= 0.6 is 0 Å². The molecule has 2 heterocycles. The zero-order valence-electron chi connectivity index (χ0n) is 11.8. The SMILES string of the molecule is CCn1cc(NC(=O)N2CCC(C)(C(=O)O)CC2)cn1. The molecule has 0 atom stereocenters. The van der Waals surface area contributed by atoms with E-state index in [1.54, 1.807) is 28.9 Å². The van der Waals surface area contributed by atoms with Crippen molar-refractivity contribution in [3.63, 3.8) is 0 Å². The molecule has 2 rings (SSSR count). The van der Waals surface area contributed by atoms with Crippen LogP contribution < -0.4 is 5.32 Å². The molecule has 7 heteroatoms. The number of aliphatic carboxylic acids is 1. The lowest BCUT2D eigenvalue weighted by molar-refractivity contribution is -0.150. The van der Waals surface area contributed by atoms with Gasteiger partial charge in [-0.15, -0.1) is 0 Å². The molecule has 20 heavy (non-hydrogen) atoms. The Morgan fingerprint density at radius 2 is 2.10 bits per heavy atom. The monoisotopic (exact) mass is 280 g/mol. The van der Waals surface area contributed by atoms with Crippen LogP contribution in [0.15, 0.2) is 12.4 Å². The Morgan fingerprint density at radius 3 is 2.60 bits per heavy atom. The number of hydrogen-bond donors (Lipinski definition) is 2. The maximum absolute atomic E-state index is 12.1. The first-order valence-electron chi connectivity index (χ1n) is 6.76. The number of carbonyl (C=O) groups is 2. The lowest BCUT2D eigenvalue weighted by atomic mass is 9.80. The highest BCUT2D eigenvalue weighted by atomic mass is 16.4. The van der Waals surface area contributed by atoms with Crippen molar-refractivity contribution in [3.8, 4) is 0 Å². The van der Waals surface area contributed by atoms with Crippen LogP contribution in [0.3, 0.4) is 0 Å². The number of carbonyl (C=O) groups excluding carboxylic acids is 1. The Hall–Kier alpha value is -2.05. The van der Waals surface area contributed by atoms with Crippen LogP contribution in [0.1, 0.15) is 26.7 Å². The third-order valence-corrected chi connectivity index (χ3v) is 3.88. The van der Waals surface area contributed by atoms with E-state index in [0.29, 0.717) is 31.6 Å². The standard InChI is InChI=1S/C13H20N4O3/c1-3-17-9-10(8-14-17)15-12(20)16-6-4-13(2,5-7-16)11(18)19/h8-9H,3-7H2,1-2H3,(H,15,20)(H,18,19). The van der Waals surface area contributed by atoms with Gasteiger partial charge in [0.1, 0.15) is 0 Å². The van der Waals surface area contributed by atoms with Crippen LogP contribution in [-0.2, 0) is 11.3 Å². The number of anilines is 1. The van der Waals surface area contributed by atoms with Crippen LogP contribution in [0, 0.1) is 5.41 Å². The van der Waals surface area contributed by atoms with E-state index in [4.69, 9.17) is 5.11 Å². The van der Waals surface area contributed by atoms with E-state index in [2.05, 4.69) is 10.4 Å². The zero-order chi connectivity index (χ0) is 14.8. The fourth-order valence-corrected chi connectivity index (χ4v) is 2.22. The molecule has 1 aromatic rings. The van der Waals surface area contributed by atoms with Gasteiger partial charge in [-0.25, -0.2) is 4.79 Å². The van der Waals surface area contributed by atoms with E-state index in [1.165, 1.54) is 0 Å². The molecule has 1 fully saturated rings. The molecule has 0 aromatic carbocycles. The van der Waals surface area contributed by atoms with Gasteiger partial charge >= 0.3 is 12.0 Å². The number of aromatic nitrogens is 2. The zero-order valence-corrected chi connectivity index (χ0v) is 11.8. The molecule has 110 valence electrons. The minimum atomic E-state index is -0.790. The molecule has 0 aliphatic carbocycles. The third-order valence-electron chi connectivity index (χ3n) is 3.88. The molecule has 0 spiro atoms. The van der Waals surface area contributed by atoms with Crippen molar-refractivity contribution in [1.29, 1.82) is 0 Å². The highest BCUT2D eigenvalue weighted by Crippen LogP contribution is 2.31. The van der Waals surface area contributed by atoms with Gasteiger partial charge in [0.25, 0.3) is 0 Å². The molecule has 0 saturated carbocycles. The molecule has 7 nitrogen and oxygen atoms in total. The summed E-state index contributed by atoms with van der Waals surface area (Å²) in [5.41, 5.74) is -0.0624. The number of piperidine rings is 1. The molecular weight excluding hydrogens is 260 g/mol. The Balaban J connectivity index is 1.90. The predicted octanol–water partition coefficient (Wildman–Crippen LogP) is 1.62. The van der Waals surface area contributed by atoms with Crippen molar-refractivity contribution >= 4 is 17.7 Å². The number of rotatable bonds is 3. The first-order valence-corrected chi connectivity index (χ1v) is 6.76. The second-order valence-corrected chi connectivity index (χ2v) is 5.37. The van der Waals surface area contributed by atoms with Gasteiger partial charge in [0.2, 0.25) is 0 Å². The highest BCUT2D eigenvalue weighted by Gasteiger charge is 2.38. The number of aryl methyl sites for hydroxylation is 1. The molecule has 2 amide bonds. The van der Waals surface area contributed by atoms with Gasteiger partial charge in [0, 0.05) is 25.8 Å². The molecule has 0 radical (unpaired) electrons. The van der Waals surface area contributed by atoms with Crippen LogP contribution in [0.25, 0.3) is 0 Å². The molecule has 2 N–H and O–H groups in total. The minimum Gasteiger partial charge on any atom is -0.481 e. The van der Waals surface area contributed by atoms with Gasteiger partial charge in [-0.3, -0.25) is 9.48 Å². The van der Waals surface area contributed by atoms with Crippen molar-refractivity contribution < 1.29 is 14.7 Å². The van der Waals surface area contributed by atoms with E-state index in [-0.39, 0.29) is 6.03 Å². The summed E-state index contributed by atoms with van der Waals surface area (Å²) in [5.74, 6) is -0.790. The number of carboxylic acid groups (broad SMARTS) is 1. The average Bonchev–Trinajstić information content (AvgIpc) is 2.87. The summed E-state index contributed by atoms with van der Waals surface area (Å²) in [7, 11) is 0. The second-order valence-electron chi connectivity index (χ2n) is 5.37.